The number of nitrogens with two attached hydrogens (primary N) is 2. The van der Waals surface area contributed by atoms with E-state index in [1.165, 1.54) is 23.5 Å². The fourth-order valence-corrected chi connectivity index (χ4v) is 2.40. The van der Waals surface area contributed by atoms with Gasteiger partial charge in [-0.05, 0) is 37.2 Å². The molecule has 0 aliphatic heterocycles. The Kier molecular flexibility index (Phi) is 6.24. The van der Waals surface area contributed by atoms with E-state index in [0.717, 1.165) is 16.8 Å². The number of aromatic nitrogens is 2. The minimum atomic E-state index is -0.651. The van der Waals surface area contributed by atoms with Gasteiger partial charge in [-0.1, -0.05) is 42.0 Å². The number of hydrogen-bond acceptors (Lipinski definition) is 4. The minimum Gasteiger partial charge on any atom is -0.365 e. The number of benzene rings is 2. The van der Waals surface area contributed by atoms with Gasteiger partial charge < -0.3 is 16.8 Å². The van der Waals surface area contributed by atoms with E-state index in [-0.39, 0.29) is 11.4 Å². The minimum absolute atomic E-state index is 0.139. The van der Waals surface area contributed by atoms with Gasteiger partial charge in [-0.15, -0.1) is 5.10 Å². The zero-order valence-corrected chi connectivity index (χ0v) is 14.6. The van der Waals surface area contributed by atoms with E-state index < -0.39 is 5.91 Å². The van der Waals surface area contributed by atoms with Crippen molar-refractivity contribution in [3.05, 3.63) is 65.9 Å². The molecule has 2 amide bonds. The molecule has 0 bridgehead atoms. The van der Waals surface area contributed by atoms with Crippen LogP contribution in [-0.2, 0) is 4.79 Å². The quantitative estimate of drug-likeness (QED) is 0.610. The molecule has 0 radical (unpaired) electrons. The van der Waals surface area contributed by atoms with Crippen molar-refractivity contribution in [3.63, 3.8) is 0 Å². The number of nitrogens with zero attached hydrogens (tertiary/aromatic N) is 2. The van der Waals surface area contributed by atoms with Crippen LogP contribution in [0.5, 0.6) is 0 Å². The van der Waals surface area contributed by atoms with Gasteiger partial charge >= 0.3 is 0 Å². The molecule has 3 aromatic rings. The van der Waals surface area contributed by atoms with Gasteiger partial charge in [-0.3, -0.25) is 9.59 Å². The highest BCUT2D eigenvalue weighted by atomic mass is 16.1. The molecule has 0 atom stereocenters. The van der Waals surface area contributed by atoms with Crippen molar-refractivity contribution in [2.45, 2.75) is 6.92 Å². The van der Waals surface area contributed by atoms with Crippen molar-refractivity contribution < 1.29 is 9.59 Å². The highest BCUT2D eigenvalue weighted by molar-refractivity contribution is 5.99. The van der Waals surface area contributed by atoms with Crippen molar-refractivity contribution in [3.8, 4) is 16.8 Å². The van der Waals surface area contributed by atoms with Gasteiger partial charge in [0.1, 0.15) is 5.56 Å². The maximum absolute atomic E-state index is 11.4. The molecule has 134 valence electrons. The molecule has 0 fully saturated rings. The van der Waals surface area contributed by atoms with Crippen LogP contribution in [0.3, 0.4) is 0 Å². The van der Waals surface area contributed by atoms with E-state index in [2.05, 4.69) is 40.4 Å². The number of amides is 2. The average molecular weight is 351 g/mol. The number of primary amides is 1. The lowest BCUT2D eigenvalue weighted by atomic mass is 10.0. The first kappa shape index (κ1) is 18.9. The van der Waals surface area contributed by atoms with Crippen LogP contribution >= 0.6 is 0 Å². The van der Waals surface area contributed by atoms with Crippen LogP contribution in [0, 0.1) is 6.92 Å². The number of anilines is 1. The fraction of sp³-hybridized carbons (Fsp3) is 0.105. The molecule has 5 N–H and O–H groups in total. The van der Waals surface area contributed by atoms with Crippen LogP contribution in [0.15, 0.2) is 54.7 Å². The Balaban J connectivity index is 0.00000117. The maximum atomic E-state index is 11.4. The Morgan fingerprint density at radius 2 is 1.58 bits per heavy atom. The number of carbonyl (C=O) groups excluding carboxylic acids is 2. The van der Waals surface area contributed by atoms with Crippen molar-refractivity contribution >= 4 is 18.1 Å². The largest absolute Gasteiger partial charge is 0.365 e. The average Bonchev–Trinajstić information content (AvgIpc) is 3.09. The van der Waals surface area contributed by atoms with Crippen LogP contribution in [0.4, 0.5) is 5.82 Å². The Morgan fingerprint density at radius 3 is 2.08 bits per heavy atom. The zero-order valence-electron chi connectivity index (χ0n) is 14.6. The molecule has 7 nitrogen and oxygen atoms in total. The van der Waals surface area contributed by atoms with E-state index in [4.69, 9.17) is 5.73 Å². The third-order valence-electron chi connectivity index (χ3n) is 3.69. The molecule has 7 heteroatoms. The summed E-state index contributed by atoms with van der Waals surface area (Å²) >= 11 is 0. The topological polar surface area (TPSA) is 116 Å². The number of aryl methyl sites for hydroxylation is 1. The maximum Gasteiger partial charge on any atom is 0.254 e. The predicted molar refractivity (Wildman–Crippen MR) is 102 cm³/mol. The molecular formula is C19H21N5O2. The molecule has 1 heterocycles. The monoisotopic (exact) mass is 351 g/mol. The van der Waals surface area contributed by atoms with Gasteiger partial charge in [0.25, 0.3) is 5.91 Å². The van der Waals surface area contributed by atoms with Gasteiger partial charge in [0.05, 0.1) is 5.69 Å². The van der Waals surface area contributed by atoms with Crippen LogP contribution in [0.1, 0.15) is 15.9 Å². The number of hydrogen-bond donors (Lipinski definition) is 3. The molecule has 0 saturated heterocycles. The zero-order chi connectivity index (χ0) is 19.1. The van der Waals surface area contributed by atoms with Crippen LogP contribution in [-0.4, -0.2) is 29.1 Å². The molecule has 0 unspecified atom stereocenters. The van der Waals surface area contributed by atoms with Gasteiger partial charge in [0.2, 0.25) is 6.41 Å². The van der Waals surface area contributed by atoms with E-state index in [1.54, 1.807) is 0 Å². The third kappa shape index (κ3) is 4.14. The van der Waals surface area contributed by atoms with Crippen LogP contribution in [0.25, 0.3) is 16.8 Å². The third-order valence-corrected chi connectivity index (χ3v) is 3.69. The molecule has 2 aromatic carbocycles. The predicted octanol–water partition coefficient (Wildman–Crippen LogP) is 2.09. The highest BCUT2D eigenvalue weighted by Gasteiger charge is 2.14. The Hall–Kier alpha value is -3.45. The first-order valence-corrected chi connectivity index (χ1v) is 7.93. The van der Waals surface area contributed by atoms with E-state index >= 15 is 0 Å². The molecular weight excluding hydrogens is 330 g/mol. The normalized spacial score (nSPS) is 9.81. The van der Waals surface area contributed by atoms with Gasteiger partial charge in [0, 0.05) is 6.20 Å². The first-order valence-electron chi connectivity index (χ1n) is 7.93. The molecule has 0 saturated carbocycles. The van der Waals surface area contributed by atoms with E-state index in [0.29, 0.717) is 6.41 Å². The summed E-state index contributed by atoms with van der Waals surface area (Å²) < 4.78 is 1.50. The number of carbonyl (C=O) groups is 2. The second-order valence-electron chi connectivity index (χ2n) is 5.38. The van der Waals surface area contributed by atoms with Gasteiger partial charge in [-0.2, -0.15) is 0 Å². The summed E-state index contributed by atoms with van der Waals surface area (Å²) in [4.78, 5) is 22.0. The molecule has 3 rings (SSSR count). The summed E-state index contributed by atoms with van der Waals surface area (Å²) in [5, 5.41) is 6.56. The highest BCUT2D eigenvalue weighted by Crippen LogP contribution is 2.22. The van der Waals surface area contributed by atoms with Crippen molar-refractivity contribution in [1.82, 2.24) is 9.78 Å². The van der Waals surface area contributed by atoms with Crippen LogP contribution in [0.2, 0.25) is 0 Å². The summed E-state index contributed by atoms with van der Waals surface area (Å²) in [5.41, 5.74) is 14.1. The molecule has 0 aliphatic rings. The lowest BCUT2D eigenvalue weighted by molar-refractivity contribution is -0.105. The Labute approximate surface area is 151 Å². The summed E-state index contributed by atoms with van der Waals surface area (Å²) in [6, 6.07) is 16.0. The van der Waals surface area contributed by atoms with E-state index in [9.17, 15) is 9.59 Å². The second-order valence-corrected chi connectivity index (χ2v) is 5.38. The number of rotatable bonds is 5. The Morgan fingerprint density at radius 1 is 1.04 bits per heavy atom. The van der Waals surface area contributed by atoms with Crippen molar-refractivity contribution in [2.24, 2.45) is 11.5 Å². The summed E-state index contributed by atoms with van der Waals surface area (Å²) in [6.45, 7) is 2.05. The smallest absolute Gasteiger partial charge is 0.254 e. The lowest BCUT2D eigenvalue weighted by Crippen LogP contribution is -2.12. The molecule has 26 heavy (non-hydrogen) atoms. The molecule has 0 spiro atoms. The fourth-order valence-electron chi connectivity index (χ4n) is 2.40. The summed E-state index contributed by atoms with van der Waals surface area (Å²) in [5.74, 6) is -0.512. The standard InChI is InChI=1S/C18H16N4O2.CH5N/c1-12-2-4-13(5-3-12)14-6-8-15(9-7-14)22-10-16(17(19)24)18(21-22)20-11-23;1-2/h2-11H,1H3,(H2,19,24)(H,20,21,23);2H2,1H3. The first-order chi connectivity index (χ1) is 12.6. The molecule has 0 aliphatic carbocycles. The van der Waals surface area contributed by atoms with Crippen LogP contribution < -0.4 is 16.8 Å². The Bertz CT molecular complexity index is 883. The van der Waals surface area contributed by atoms with Crippen molar-refractivity contribution in [1.29, 1.82) is 0 Å². The van der Waals surface area contributed by atoms with Crippen molar-refractivity contribution in [2.75, 3.05) is 12.4 Å². The van der Waals surface area contributed by atoms with Gasteiger partial charge in [-0.25, -0.2) is 4.68 Å². The van der Waals surface area contributed by atoms with E-state index in [1.807, 2.05) is 31.2 Å². The number of nitrogens with one attached hydrogen (secondary N) is 1. The molecule has 1 aromatic heterocycles. The summed E-state index contributed by atoms with van der Waals surface area (Å²) in [7, 11) is 1.50. The lowest BCUT2D eigenvalue weighted by Gasteiger charge is -2.05. The SMILES string of the molecule is CN.Cc1ccc(-c2ccc(-n3cc(C(N)=O)c(NC=O)n3)cc2)cc1. The second kappa shape index (κ2) is 8.59. The van der Waals surface area contributed by atoms with Gasteiger partial charge in [0.15, 0.2) is 5.82 Å². The summed E-state index contributed by atoms with van der Waals surface area (Å²) in [6.07, 6.45) is 1.95.